The summed E-state index contributed by atoms with van der Waals surface area (Å²) in [5, 5.41) is 2.62. The fourth-order valence-corrected chi connectivity index (χ4v) is 3.54. The van der Waals surface area contributed by atoms with E-state index in [0.717, 1.165) is 31.4 Å². The predicted molar refractivity (Wildman–Crippen MR) is 76.3 cm³/mol. The van der Waals surface area contributed by atoms with E-state index < -0.39 is 26.6 Å². The van der Waals surface area contributed by atoms with Crippen LogP contribution < -0.4 is 10.0 Å². The normalized spacial score (nSPS) is 17.0. The van der Waals surface area contributed by atoms with Gasteiger partial charge in [0.2, 0.25) is 10.0 Å². The van der Waals surface area contributed by atoms with Crippen LogP contribution in [0.5, 0.6) is 0 Å². The first kappa shape index (κ1) is 16.3. The molecule has 1 fully saturated rings. The number of sulfonamides is 1. The molecule has 7 heteroatoms. The minimum absolute atomic E-state index is 0.0113. The molecule has 0 heterocycles. The Morgan fingerprint density at radius 3 is 2.48 bits per heavy atom. The number of nitrogens with one attached hydrogen (secondary N) is 2. The highest BCUT2D eigenvalue weighted by atomic mass is 32.2. The SMILES string of the molecule is CCC1(CNS(=O)(=O)c2ccc(F)c(CNC)c2F)CC1. The summed E-state index contributed by atoms with van der Waals surface area (Å²) in [7, 11) is -2.43. The van der Waals surface area contributed by atoms with Gasteiger partial charge in [-0.1, -0.05) is 6.92 Å². The van der Waals surface area contributed by atoms with E-state index in [2.05, 4.69) is 10.0 Å². The van der Waals surface area contributed by atoms with E-state index in [1.165, 1.54) is 7.05 Å². The third-order valence-corrected chi connectivity index (χ3v) is 5.56. The van der Waals surface area contributed by atoms with Crippen molar-refractivity contribution in [3.63, 3.8) is 0 Å². The molecule has 1 saturated carbocycles. The maximum absolute atomic E-state index is 14.2. The molecule has 1 aromatic carbocycles. The second-order valence-electron chi connectivity index (χ2n) is 5.55. The Kier molecular flexibility index (Phi) is 4.65. The molecule has 0 spiro atoms. The van der Waals surface area contributed by atoms with Gasteiger partial charge < -0.3 is 5.32 Å². The Bertz CT molecular complexity index is 628. The van der Waals surface area contributed by atoms with E-state index in [-0.39, 0.29) is 17.5 Å². The molecule has 118 valence electrons. The van der Waals surface area contributed by atoms with Crippen molar-refractivity contribution in [3.05, 3.63) is 29.3 Å². The Morgan fingerprint density at radius 1 is 1.29 bits per heavy atom. The van der Waals surface area contributed by atoms with Crippen molar-refractivity contribution in [1.82, 2.24) is 10.0 Å². The van der Waals surface area contributed by atoms with E-state index in [1.807, 2.05) is 6.92 Å². The van der Waals surface area contributed by atoms with Crippen molar-refractivity contribution >= 4 is 10.0 Å². The predicted octanol–water partition coefficient (Wildman–Crippen LogP) is 2.15. The van der Waals surface area contributed by atoms with E-state index in [1.54, 1.807) is 0 Å². The van der Waals surface area contributed by atoms with E-state index in [4.69, 9.17) is 0 Å². The molecule has 0 atom stereocenters. The zero-order chi connectivity index (χ0) is 15.7. The van der Waals surface area contributed by atoms with Gasteiger partial charge in [0.1, 0.15) is 10.7 Å². The van der Waals surface area contributed by atoms with Crippen molar-refractivity contribution in [2.24, 2.45) is 5.41 Å². The molecule has 0 aliphatic heterocycles. The quantitative estimate of drug-likeness (QED) is 0.810. The van der Waals surface area contributed by atoms with Gasteiger partial charge in [0.05, 0.1) is 0 Å². The number of rotatable bonds is 7. The molecule has 1 aliphatic carbocycles. The molecular weight excluding hydrogens is 298 g/mol. The van der Waals surface area contributed by atoms with Crippen molar-refractivity contribution in [2.75, 3.05) is 13.6 Å². The topological polar surface area (TPSA) is 58.2 Å². The average Bonchev–Trinajstić information content (AvgIpc) is 3.22. The van der Waals surface area contributed by atoms with Crippen LogP contribution in [0.3, 0.4) is 0 Å². The number of hydrogen-bond donors (Lipinski definition) is 2. The molecule has 0 saturated heterocycles. The summed E-state index contributed by atoms with van der Waals surface area (Å²) in [6, 6.07) is 1.95. The van der Waals surface area contributed by atoms with E-state index in [0.29, 0.717) is 6.54 Å². The Balaban J connectivity index is 2.25. The molecule has 0 unspecified atom stereocenters. The molecule has 21 heavy (non-hydrogen) atoms. The smallest absolute Gasteiger partial charge is 0.243 e. The van der Waals surface area contributed by atoms with Crippen molar-refractivity contribution < 1.29 is 17.2 Å². The van der Waals surface area contributed by atoms with Crippen LogP contribution in [0.1, 0.15) is 31.7 Å². The first-order valence-electron chi connectivity index (χ1n) is 6.96. The molecule has 0 bridgehead atoms. The standard InChI is InChI=1S/C14H20F2N2O2S/c1-3-14(6-7-14)9-18-21(19,20)12-5-4-11(15)10(8-17-2)13(12)16/h4-5,17-18H,3,6-9H2,1-2H3. The molecule has 2 rings (SSSR count). The van der Waals surface area contributed by atoms with Crippen LogP contribution in [-0.2, 0) is 16.6 Å². The molecule has 0 aromatic heterocycles. The lowest BCUT2D eigenvalue weighted by Gasteiger charge is -2.15. The van der Waals surface area contributed by atoms with Crippen LogP contribution in [0.2, 0.25) is 0 Å². The van der Waals surface area contributed by atoms with Crippen molar-refractivity contribution in [3.8, 4) is 0 Å². The molecule has 4 nitrogen and oxygen atoms in total. The van der Waals surface area contributed by atoms with Gasteiger partial charge in [0, 0.05) is 18.7 Å². The van der Waals surface area contributed by atoms with Crippen LogP contribution >= 0.6 is 0 Å². The molecule has 2 N–H and O–H groups in total. The van der Waals surface area contributed by atoms with Crippen LogP contribution in [-0.4, -0.2) is 22.0 Å². The minimum atomic E-state index is -3.97. The highest BCUT2D eigenvalue weighted by molar-refractivity contribution is 7.89. The first-order valence-corrected chi connectivity index (χ1v) is 8.45. The number of hydrogen-bond acceptors (Lipinski definition) is 3. The zero-order valence-electron chi connectivity index (χ0n) is 12.2. The maximum atomic E-state index is 14.2. The molecule has 0 amide bonds. The maximum Gasteiger partial charge on any atom is 0.243 e. The van der Waals surface area contributed by atoms with Gasteiger partial charge in [-0.3, -0.25) is 0 Å². The van der Waals surface area contributed by atoms with Crippen molar-refractivity contribution in [2.45, 2.75) is 37.6 Å². The van der Waals surface area contributed by atoms with Gasteiger partial charge in [-0.15, -0.1) is 0 Å². The molecule has 1 aromatic rings. The summed E-state index contributed by atoms with van der Waals surface area (Å²) in [5.41, 5.74) is -0.255. The lowest BCUT2D eigenvalue weighted by molar-refractivity contribution is 0.472. The van der Waals surface area contributed by atoms with E-state index >= 15 is 0 Å². The summed E-state index contributed by atoms with van der Waals surface area (Å²) >= 11 is 0. The summed E-state index contributed by atoms with van der Waals surface area (Å²) in [6.07, 6.45) is 2.83. The van der Waals surface area contributed by atoms with Gasteiger partial charge in [0.25, 0.3) is 0 Å². The van der Waals surface area contributed by atoms with Crippen LogP contribution in [0.4, 0.5) is 8.78 Å². The third kappa shape index (κ3) is 3.41. The lowest BCUT2D eigenvalue weighted by atomic mass is 10.1. The zero-order valence-corrected chi connectivity index (χ0v) is 13.0. The molecule has 1 aliphatic rings. The van der Waals surface area contributed by atoms with Gasteiger partial charge in [-0.2, -0.15) is 0 Å². The van der Waals surface area contributed by atoms with Gasteiger partial charge in [-0.05, 0) is 43.9 Å². The average molecular weight is 318 g/mol. The fraction of sp³-hybridized carbons (Fsp3) is 0.571. The Hall–Kier alpha value is -1.05. The number of halogens is 2. The van der Waals surface area contributed by atoms with Crippen LogP contribution in [0.15, 0.2) is 17.0 Å². The Labute approximate surface area is 124 Å². The fourth-order valence-electron chi connectivity index (χ4n) is 2.28. The largest absolute Gasteiger partial charge is 0.315 e. The summed E-state index contributed by atoms with van der Waals surface area (Å²) < 4.78 is 54.7. The first-order chi connectivity index (χ1) is 9.85. The highest BCUT2D eigenvalue weighted by Crippen LogP contribution is 2.48. The highest BCUT2D eigenvalue weighted by Gasteiger charge is 2.41. The van der Waals surface area contributed by atoms with Gasteiger partial charge >= 0.3 is 0 Å². The number of benzene rings is 1. The minimum Gasteiger partial charge on any atom is -0.315 e. The summed E-state index contributed by atoms with van der Waals surface area (Å²) in [5.74, 6) is -1.79. The van der Waals surface area contributed by atoms with Crippen molar-refractivity contribution in [1.29, 1.82) is 0 Å². The van der Waals surface area contributed by atoms with Gasteiger partial charge in [-0.25, -0.2) is 21.9 Å². The van der Waals surface area contributed by atoms with Crippen LogP contribution in [0.25, 0.3) is 0 Å². The van der Waals surface area contributed by atoms with Crippen LogP contribution in [0, 0.1) is 17.0 Å². The lowest BCUT2D eigenvalue weighted by Crippen LogP contribution is -2.31. The monoisotopic (exact) mass is 318 g/mol. The molecule has 0 radical (unpaired) electrons. The van der Waals surface area contributed by atoms with Gasteiger partial charge in [0.15, 0.2) is 5.82 Å². The summed E-state index contributed by atoms with van der Waals surface area (Å²) in [6.45, 7) is 2.23. The second-order valence-corrected chi connectivity index (χ2v) is 7.28. The third-order valence-electron chi connectivity index (χ3n) is 4.14. The summed E-state index contributed by atoms with van der Waals surface area (Å²) in [4.78, 5) is -0.499. The molecular formula is C14H20F2N2O2S. The van der Waals surface area contributed by atoms with E-state index in [9.17, 15) is 17.2 Å². The second kappa shape index (κ2) is 5.98. The Morgan fingerprint density at radius 2 is 1.95 bits per heavy atom.